The minimum atomic E-state index is -3.87. The molecule has 0 spiro atoms. The van der Waals surface area contributed by atoms with Crippen molar-refractivity contribution in [3.8, 4) is 0 Å². The number of primary sulfonamides is 1. The zero-order valence-corrected chi connectivity index (χ0v) is 16.9. The largest absolute Gasteiger partial charge is 0.348 e. The topological polar surface area (TPSA) is 105 Å². The number of thiazole rings is 1. The van der Waals surface area contributed by atoms with Gasteiger partial charge in [0.05, 0.1) is 15.1 Å². The zero-order chi connectivity index (χ0) is 19.9. The van der Waals surface area contributed by atoms with Gasteiger partial charge in [-0.15, -0.1) is 0 Å². The first-order valence-electron chi connectivity index (χ1n) is 8.91. The Morgan fingerprint density at radius 1 is 1.18 bits per heavy atom. The molecule has 0 aliphatic carbocycles. The number of hydrogen-bond donors (Lipinski definition) is 2. The Bertz CT molecular complexity index is 1170. The minimum absolute atomic E-state index is 0.0867. The number of hydrogen-bond acceptors (Lipinski definition) is 6. The van der Waals surface area contributed by atoms with Crippen LogP contribution in [0, 0.1) is 6.92 Å². The molecule has 4 rings (SSSR count). The second kappa shape index (κ2) is 7.16. The number of nitrogens with one attached hydrogen (secondary N) is 1. The fourth-order valence-electron chi connectivity index (χ4n) is 3.26. The van der Waals surface area contributed by atoms with E-state index in [1.54, 1.807) is 30.4 Å². The van der Waals surface area contributed by atoms with Crippen LogP contribution in [0.3, 0.4) is 0 Å². The highest BCUT2D eigenvalue weighted by Gasteiger charge is 2.18. The Kier molecular flexibility index (Phi) is 4.82. The van der Waals surface area contributed by atoms with Crippen molar-refractivity contribution in [2.75, 3.05) is 23.3 Å². The van der Waals surface area contributed by atoms with Gasteiger partial charge < -0.3 is 10.2 Å². The lowest BCUT2D eigenvalue weighted by Crippen LogP contribution is -2.17. The van der Waals surface area contributed by atoms with Gasteiger partial charge in [0, 0.05) is 24.3 Å². The number of fused-ring (bicyclic) bond motifs is 1. The molecule has 0 bridgehead atoms. The average molecular weight is 417 g/mol. The molecule has 0 unspecified atom stereocenters. The normalized spacial score (nSPS) is 14.6. The van der Waals surface area contributed by atoms with Crippen molar-refractivity contribution >= 4 is 48.3 Å². The number of nitrogens with two attached hydrogens (primary N) is 1. The molecule has 0 saturated carbocycles. The van der Waals surface area contributed by atoms with Crippen LogP contribution in [-0.4, -0.2) is 32.4 Å². The lowest BCUT2D eigenvalue weighted by Gasteiger charge is -2.11. The fourth-order valence-corrected chi connectivity index (χ4v) is 4.85. The van der Waals surface area contributed by atoms with Gasteiger partial charge >= 0.3 is 0 Å². The molecule has 0 atom stereocenters. The molecule has 28 heavy (non-hydrogen) atoms. The number of anilines is 2. The van der Waals surface area contributed by atoms with Gasteiger partial charge in [-0.1, -0.05) is 17.4 Å². The van der Waals surface area contributed by atoms with Crippen LogP contribution >= 0.6 is 11.3 Å². The molecule has 1 saturated heterocycles. The summed E-state index contributed by atoms with van der Waals surface area (Å²) in [4.78, 5) is 19.6. The van der Waals surface area contributed by atoms with Crippen LogP contribution in [-0.2, 0) is 10.0 Å². The highest BCUT2D eigenvalue weighted by Crippen LogP contribution is 2.32. The standard InChI is InChI=1S/C19H20N4O3S2/c1-12-4-6-14(28(20,25)26)11-15(12)18(24)21-13-5-7-16-17(10-13)27-19(22-16)23-8-2-3-9-23/h4-7,10-11H,2-3,8-9H2,1H3,(H,21,24)(H2,20,25,26). The number of sulfonamides is 1. The second-order valence-electron chi connectivity index (χ2n) is 6.85. The van der Waals surface area contributed by atoms with E-state index in [0.29, 0.717) is 11.3 Å². The van der Waals surface area contributed by atoms with Crippen LogP contribution in [0.2, 0.25) is 0 Å². The van der Waals surface area contributed by atoms with Crippen LogP contribution in [0.4, 0.5) is 10.8 Å². The first-order valence-corrected chi connectivity index (χ1v) is 11.3. The van der Waals surface area contributed by atoms with E-state index in [1.165, 1.54) is 25.0 Å². The van der Waals surface area contributed by atoms with Crippen LogP contribution in [0.5, 0.6) is 0 Å². The number of aromatic nitrogens is 1. The molecule has 1 aromatic heterocycles. The number of carbonyl (C=O) groups excluding carboxylic acids is 1. The molecule has 7 nitrogen and oxygen atoms in total. The Labute approximate surface area is 167 Å². The maximum Gasteiger partial charge on any atom is 0.255 e. The molecular weight excluding hydrogens is 396 g/mol. The summed E-state index contributed by atoms with van der Waals surface area (Å²) in [5, 5.41) is 9.02. The van der Waals surface area contributed by atoms with Crippen molar-refractivity contribution in [3.63, 3.8) is 0 Å². The fraction of sp³-hybridized carbons (Fsp3) is 0.263. The quantitative estimate of drug-likeness (QED) is 0.680. The highest BCUT2D eigenvalue weighted by molar-refractivity contribution is 7.89. The van der Waals surface area contributed by atoms with E-state index in [9.17, 15) is 13.2 Å². The van der Waals surface area contributed by atoms with Crippen molar-refractivity contribution in [2.24, 2.45) is 5.14 Å². The molecule has 2 aromatic carbocycles. The summed E-state index contributed by atoms with van der Waals surface area (Å²) in [6.07, 6.45) is 2.38. The smallest absolute Gasteiger partial charge is 0.255 e. The van der Waals surface area contributed by atoms with Gasteiger partial charge in [-0.3, -0.25) is 4.79 Å². The Hall–Kier alpha value is -2.49. The molecule has 1 aliphatic heterocycles. The van der Waals surface area contributed by atoms with E-state index in [1.807, 2.05) is 12.1 Å². The number of carbonyl (C=O) groups is 1. The van der Waals surface area contributed by atoms with E-state index in [0.717, 1.165) is 28.4 Å². The third-order valence-corrected chi connectivity index (χ3v) is 6.78. The highest BCUT2D eigenvalue weighted by atomic mass is 32.2. The summed E-state index contributed by atoms with van der Waals surface area (Å²) in [5.74, 6) is -0.383. The van der Waals surface area contributed by atoms with Gasteiger partial charge in [0.15, 0.2) is 5.13 Å². The number of rotatable bonds is 4. The molecule has 146 valence electrons. The van der Waals surface area contributed by atoms with E-state index < -0.39 is 10.0 Å². The SMILES string of the molecule is Cc1ccc(S(N)(=O)=O)cc1C(=O)Nc1ccc2nc(N3CCCC3)sc2c1. The zero-order valence-electron chi connectivity index (χ0n) is 15.3. The number of nitrogens with zero attached hydrogens (tertiary/aromatic N) is 2. The third kappa shape index (κ3) is 3.73. The Balaban J connectivity index is 1.60. The van der Waals surface area contributed by atoms with Gasteiger partial charge in [0.2, 0.25) is 10.0 Å². The molecule has 1 amide bonds. The number of aryl methyl sites for hydroxylation is 1. The summed E-state index contributed by atoms with van der Waals surface area (Å²) in [5.41, 5.74) is 2.47. The number of amides is 1. The van der Waals surface area contributed by atoms with E-state index in [2.05, 4.69) is 15.2 Å². The van der Waals surface area contributed by atoms with Crippen LogP contribution in [0.15, 0.2) is 41.3 Å². The summed E-state index contributed by atoms with van der Waals surface area (Å²) in [6, 6.07) is 9.84. The van der Waals surface area contributed by atoms with Crippen molar-refractivity contribution in [2.45, 2.75) is 24.7 Å². The lowest BCUT2D eigenvalue weighted by molar-refractivity contribution is 0.102. The summed E-state index contributed by atoms with van der Waals surface area (Å²) < 4.78 is 24.1. The van der Waals surface area contributed by atoms with Crippen LogP contribution < -0.4 is 15.4 Å². The van der Waals surface area contributed by atoms with Gasteiger partial charge in [-0.05, 0) is 55.7 Å². The molecular formula is C19H20N4O3S2. The minimum Gasteiger partial charge on any atom is -0.348 e. The third-order valence-electron chi connectivity index (χ3n) is 4.79. The summed E-state index contributed by atoms with van der Waals surface area (Å²) in [6.45, 7) is 3.81. The van der Waals surface area contributed by atoms with Gasteiger partial charge in [-0.2, -0.15) is 0 Å². The summed E-state index contributed by atoms with van der Waals surface area (Å²) in [7, 11) is -3.87. The van der Waals surface area contributed by atoms with Gasteiger partial charge in [0.25, 0.3) is 5.91 Å². The molecule has 9 heteroatoms. The lowest BCUT2D eigenvalue weighted by atomic mass is 10.1. The van der Waals surface area contributed by atoms with Crippen LogP contribution in [0.1, 0.15) is 28.8 Å². The average Bonchev–Trinajstić information content (AvgIpc) is 3.30. The monoisotopic (exact) mass is 416 g/mol. The van der Waals surface area contributed by atoms with Gasteiger partial charge in [-0.25, -0.2) is 18.5 Å². The Morgan fingerprint density at radius 3 is 2.64 bits per heavy atom. The van der Waals surface area contributed by atoms with Crippen molar-refractivity contribution in [3.05, 3.63) is 47.5 Å². The Morgan fingerprint density at radius 2 is 1.93 bits per heavy atom. The van der Waals surface area contributed by atoms with Gasteiger partial charge in [0.1, 0.15) is 0 Å². The summed E-state index contributed by atoms with van der Waals surface area (Å²) >= 11 is 1.61. The predicted molar refractivity (Wildman–Crippen MR) is 112 cm³/mol. The predicted octanol–water partition coefficient (Wildman–Crippen LogP) is 3.10. The molecule has 3 N–H and O–H groups in total. The maximum atomic E-state index is 12.7. The first kappa shape index (κ1) is 18.9. The van der Waals surface area contributed by atoms with Crippen molar-refractivity contribution in [1.29, 1.82) is 0 Å². The molecule has 1 fully saturated rings. The second-order valence-corrected chi connectivity index (χ2v) is 9.42. The van der Waals surface area contributed by atoms with E-state index in [-0.39, 0.29) is 16.4 Å². The maximum absolute atomic E-state index is 12.7. The molecule has 3 aromatic rings. The van der Waals surface area contributed by atoms with Crippen molar-refractivity contribution < 1.29 is 13.2 Å². The first-order chi connectivity index (χ1) is 13.3. The van der Waals surface area contributed by atoms with Crippen molar-refractivity contribution in [1.82, 2.24) is 4.98 Å². The number of benzene rings is 2. The molecule has 0 radical (unpaired) electrons. The van der Waals surface area contributed by atoms with Crippen LogP contribution in [0.25, 0.3) is 10.2 Å². The molecule has 2 heterocycles. The van der Waals surface area contributed by atoms with E-state index >= 15 is 0 Å². The molecule has 1 aliphatic rings. The van der Waals surface area contributed by atoms with E-state index in [4.69, 9.17) is 5.14 Å².